The summed E-state index contributed by atoms with van der Waals surface area (Å²) in [6, 6.07) is 7.12. The Morgan fingerprint density at radius 3 is 2.15 bits per heavy atom. The minimum absolute atomic E-state index is 0.254. The molecule has 0 saturated carbocycles. The smallest absolute Gasteiger partial charge is 0.337 e. The van der Waals surface area contributed by atoms with E-state index in [0.717, 1.165) is 11.3 Å². The first-order chi connectivity index (χ1) is 9.47. The Morgan fingerprint density at radius 1 is 1.15 bits per heavy atom. The Labute approximate surface area is 119 Å². The van der Waals surface area contributed by atoms with E-state index in [1.807, 2.05) is 19.9 Å². The quantitative estimate of drug-likeness (QED) is 0.455. The largest absolute Gasteiger partial charge is 0.497 e. The molecular formula is C16H20O4. The van der Waals surface area contributed by atoms with E-state index in [1.54, 1.807) is 31.4 Å². The third-order valence-electron chi connectivity index (χ3n) is 2.60. The van der Waals surface area contributed by atoms with Crippen molar-refractivity contribution in [2.75, 3.05) is 14.2 Å². The van der Waals surface area contributed by atoms with Gasteiger partial charge in [-0.2, -0.15) is 0 Å². The normalized spacial score (nSPS) is 11.2. The van der Waals surface area contributed by atoms with Crippen LogP contribution >= 0.6 is 0 Å². The van der Waals surface area contributed by atoms with Crippen LogP contribution in [0.3, 0.4) is 0 Å². The molecule has 0 aliphatic heterocycles. The first-order valence-electron chi connectivity index (χ1n) is 6.20. The first kappa shape index (κ1) is 15.8. The molecule has 0 unspecified atom stereocenters. The number of hydrogen-bond acceptors (Lipinski definition) is 4. The summed E-state index contributed by atoms with van der Waals surface area (Å²) in [4.78, 5) is 11.6. The van der Waals surface area contributed by atoms with Crippen LogP contribution in [-0.4, -0.2) is 26.3 Å². The Bertz CT molecular complexity index is 496. The van der Waals surface area contributed by atoms with Crippen molar-refractivity contribution in [3.05, 3.63) is 48.1 Å². The summed E-state index contributed by atoms with van der Waals surface area (Å²) in [6.07, 6.45) is 1.27. The molecule has 1 rings (SSSR count). The molecule has 0 saturated heterocycles. The first-order valence-corrected chi connectivity index (χ1v) is 6.20. The zero-order valence-corrected chi connectivity index (χ0v) is 12.3. The van der Waals surface area contributed by atoms with Crippen LogP contribution in [0.1, 0.15) is 13.8 Å². The van der Waals surface area contributed by atoms with Gasteiger partial charge in [0.2, 0.25) is 0 Å². The molecule has 0 bridgehead atoms. The molecule has 0 amide bonds. The van der Waals surface area contributed by atoms with Gasteiger partial charge in [0.1, 0.15) is 17.6 Å². The molecule has 0 spiro atoms. The van der Waals surface area contributed by atoms with Crippen LogP contribution in [0.25, 0.3) is 0 Å². The number of carbonyl (C=O) groups excluding carboxylic acids is 1. The molecule has 108 valence electrons. The fraction of sp³-hybridized carbons (Fsp3) is 0.312. The van der Waals surface area contributed by atoms with Crippen molar-refractivity contribution < 1.29 is 19.0 Å². The van der Waals surface area contributed by atoms with Crippen LogP contribution in [0.5, 0.6) is 11.5 Å². The summed E-state index contributed by atoms with van der Waals surface area (Å²) >= 11 is 0. The lowest BCUT2D eigenvalue weighted by atomic mass is 10.1. The minimum atomic E-state index is -0.555. The highest BCUT2D eigenvalue weighted by Crippen LogP contribution is 2.21. The third-order valence-corrected chi connectivity index (χ3v) is 2.60. The summed E-state index contributed by atoms with van der Waals surface area (Å²) in [5.74, 6) is 0.877. The van der Waals surface area contributed by atoms with Gasteiger partial charge in [-0.25, -0.2) is 4.79 Å². The molecule has 20 heavy (non-hydrogen) atoms. The average molecular weight is 276 g/mol. The van der Waals surface area contributed by atoms with Crippen molar-refractivity contribution in [2.24, 2.45) is 0 Å². The Balaban J connectivity index is 2.91. The molecule has 0 N–H and O–H groups in total. The predicted molar refractivity (Wildman–Crippen MR) is 78.0 cm³/mol. The monoisotopic (exact) mass is 276 g/mol. The lowest BCUT2D eigenvalue weighted by Crippen LogP contribution is -2.23. The molecule has 0 radical (unpaired) electrons. The van der Waals surface area contributed by atoms with E-state index in [9.17, 15) is 4.79 Å². The van der Waals surface area contributed by atoms with Gasteiger partial charge in [0.15, 0.2) is 0 Å². The van der Waals surface area contributed by atoms with Gasteiger partial charge in [0, 0.05) is 0 Å². The van der Waals surface area contributed by atoms with Crippen LogP contribution in [0, 0.1) is 0 Å². The van der Waals surface area contributed by atoms with Crippen molar-refractivity contribution in [1.82, 2.24) is 0 Å². The average Bonchev–Trinajstić information content (AvgIpc) is 2.45. The maximum absolute atomic E-state index is 11.6. The lowest BCUT2D eigenvalue weighted by molar-refractivity contribution is -0.136. The molecule has 0 heterocycles. The summed E-state index contributed by atoms with van der Waals surface area (Å²) in [5.41, 5.74) is 1.28. The molecule has 4 heteroatoms. The topological polar surface area (TPSA) is 44.8 Å². The summed E-state index contributed by atoms with van der Waals surface area (Å²) in [6.45, 7) is 7.59. The third kappa shape index (κ3) is 4.46. The van der Waals surface area contributed by atoms with Crippen LogP contribution < -0.4 is 9.47 Å². The van der Waals surface area contributed by atoms with E-state index in [2.05, 4.69) is 11.3 Å². The van der Waals surface area contributed by atoms with E-state index in [0.29, 0.717) is 5.75 Å². The number of benzene rings is 1. The highest BCUT2D eigenvalue weighted by molar-refractivity contribution is 5.89. The molecule has 0 aliphatic rings. The lowest BCUT2D eigenvalue weighted by Gasteiger charge is -2.17. The molecule has 0 aliphatic carbocycles. The van der Waals surface area contributed by atoms with Gasteiger partial charge >= 0.3 is 5.97 Å². The van der Waals surface area contributed by atoms with E-state index < -0.39 is 12.1 Å². The van der Waals surface area contributed by atoms with E-state index in [4.69, 9.17) is 9.47 Å². The van der Waals surface area contributed by atoms with Gasteiger partial charge in [0.25, 0.3) is 0 Å². The molecule has 0 fully saturated rings. The van der Waals surface area contributed by atoms with Crippen molar-refractivity contribution in [3.63, 3.8) is 0 Å². The van der Waals surface area contributed by atoms with Gasteiger partial charge in [-0.05, 0) is 44.2 Å². The fourth-order valence-electron chi connectivity index (χ4n) is 1.56. The molecule has 4 nitrogen and oxygen atoms in total. The van der Waals surface area contributed by atoms with Gasteiger partial charge in [-0.15, -0.1) is 0 Å². The number of ether oxygens (including phenoxy) is 3. The second-order valence-electron chi connectivity index (χ2n) is 4.47. The van der Waals surface area contributed by atoms with Crippen molar-refractivity contribution in [2.45, 2.75) is 20.0 Å². The highest BCUT2D eigenvalue weighted by atomic mass is 16.5. The SMILES string of the molecule is C=C(C(=O)OC)[C@H](C=C(C)C)Oc1ccc(OC)cc1. The van der Waals surface area contributed by atoms with Gasteiger partial charge in [-0.3, -0.25) is 0 Å². The summed E-state index contributed by atoms with van der Waals surface area (Å²) in [7, 11) is 2.92. The maximum atomic E-state index is 11.6. The summed E-state index contributed by atoms with van der Waals surface area (Å²) in [5, 5.41) is 0. The second-order valence-corrected chi connectivity index (χ2v) is 4.47. The van der Waals surface area contributed by atoms with Crippen LogP contribution in [0.2, 0.25) is 0 Å². The fourth-order valence-corrected chi connectivity index (χ4v) is 1.56. The second kappa shape index (κ2) is 7.38. The standard InChI is InChI=1S/C16H20O4/c1-11(2)10-15(12(3)16(17)19-5)20-14-8-6-13(18-4)7-9-14/h6-10,15H,3H2,1-2,4-5H3/t15-/m0/s1. The van der Waals surface area contributed by atoms with Gasteiger partial charge in [-0.1, -0.05) is 12.2 Å². The Morgan fingerprint density at radius 2 is 1.70 bits per heavy atom. The van der Waals surface area contributed by atoms with Crippen LogP contribution in [0.4, 0.5) is 0 Å². The van der Waals surface area contributed by atoms with Crippen molar-refractivity contribution in [1.29, 1.82) is 0 Å². The maximum Gasteiger partial charge on any atom is 0.337 e. The van der Waals surface area contributed by atoms with Crippen LogP contribution in [0.15, 0.2) is 48.1 Å². The highest BCUT2D eigenvalue weighted by Gasteiger charge is 2.19. The number of allylic oxidation sites excluding steroid dienone is 1. The van der Waals surface area contributed by atoms with E-state index >= 15 is 0 Å². The van der Waals surface area contributed by atoms with E-state index in [1.165, 1.54) is 7.11 Å². The van der Waals surface area contributed by atoms with Crippen LogP contribution in [-0.2, 0) is 9.53 Å². The molecule has 1 aromatic carbocycles. The Hall–Kier alpha value is -2.23. The van der Waals surface area contributed by atoms with Crippen molar-refractivity contribution in [3.8, 4) is 11.5 Å². The molecule has 1 atom stereocenters. The number of esters is 1. The number of rotatable bonds is 6. The number of carbonyl (C=O) groups is 1. The van der Waals surface area contributed by atoms with Crippen molar-refractivity contribution >= 4 is 5.97 Å². The number of hydrogen-bond donors (Lipinski definition) is 0. The summed E-state index contributed by atoms with van der Waals surface area (Å²) < 4.78 is 15.5. The van der Waals surface area contributed by atoms with Gasteiger partial charge < -0.3 is 14.2 Å². The van der Waals surface area contributed by atoms with E-state index in [-0.39, 0.29) is 5.57 Å². The Kier molecular flexibility index (Phi) is 5.84. The minimum Gasteiger partial charge on any atom is -0.497 e. The zero-order chi connectivity index (χ0) is 15.1. The predicted octanol–water partition coefficient (Wildman–Crippen LogP) is 3.14. The molecular weight excluding hydrogens is 256 g/mol. The molecule has 1 aromatic rings. The van der Waals surface area contributed by atoms with Gasteiger partial charge in [0.05, 0.1) is 19.8 Å². The number of methoxy groups -OCH3 is 2. The molecule has 0 aromatic heterocycles. The zero-order valence-electron chi connectivity index (χ0n) is 12.3.